The number of nitrogens with zero attached hydrogens (tertiary/aromatic N) is 2. The monoisotopic (exact) mass is 313 g/mol. The molecule has 0 radical (unpaired) electrons. The summed E-state index contributed by atoms with van der Waals surface area (Å²) in [6.45, 7) is 1.83. The van der Waals surface area contributed by atoms with Gasteiger partial charge in [-0.05, 0) is 43.4 Å². The lowest BCUT2D eigenvalue weighted by molar-refractivity contribution is 0.0916. The fourth-order valence-electron chi connectivity index (χ4n) is 3.16. The summed E-state index contributed by atoms with van der Waals surface area (Å²) in [4.78, 5) is 20.7. The molecule has 23 heavy (non-hydrogen) atoms. The smallest absolute Gasteiger partial charge is 0.271 e. The first-order valence-corrected chi connectivity index (χ1v) is 7.98. The van der Waals surface area contributed by atoms with E-state index in [1.807, 2.05) is 6.92 Å². The first-order chi connectivity index (χ1) is 11.1. The predicted molar refractivity (Wildman–Crippen MR) is 85.3 cm³/mol. The standard InChI is InChI=1S/C18H20FN3O/c1-12-10-21-16(11-20-12)18(23)22-17(13-4-2-3-5-13)14-6-8-15(19)9-7-14/h6-11,13,17H,2-5H2,1H3,(H,22,23)/t17-/m1/s1. The molecular weight excluding hydrogens is 293 g/mol. The molecule has 0 saturated heterocycles. The van der Waals surface area contributed by atoms with Gasteiger partial charge < -0.3 is 5.32 Å². The SMILES string of the molecule is Cc1cnc(C(=O)N[C@@H](c2ccc(F)cc2)C2CCCC2)cn1. The van der Waals surface area contributed by atoms with Crippen molar-refractivity contribution in [2.75, 3.05) is 0 Å². The lowest BCUT2D eigenvalue weighted by atomic mass is 9.91. The number of hydrogen-bond donors (Lipinski definition) is 1. The fourth-order valence-corrected chi connectivity index (χ4v) is 3.16. The zero-order valence-electron chi connectivity index (χ0n) is 13.1. The van der Waals surface area contributed by atoms with E-state index in [1.165, 1.54) is 31.2 Å². The number of benzene rings is 1. The average Bonchev–Trinajstić information content (AvgIpc) is 3.08. The second-order valence-electron chi connectivity index (χ2n) is 6.09. The van der Waals surface area contributed by atoms with Gasteiger partial charge in [0.25, 0.3) is 5.91 Å². The van der Waals surface area contributed by atoms with Crippen LogP contribution in [0.3, 0.4) is 0 Å². The van der Waals surface area contributed by atoms with Crippen LogP contribution in [0.5, 0.6) is 0 Å². The van der Waals surface area contributed by atoms with Crippen molar-refractivity contribution in [1.29, 1.82) is 0 Å². The van der Waals surface area contributed by atoms with Crippen molar-refractivity contribution in [3.63, 3.8) is 0 Å². The lowest BCUT2D eigenvalue weighted by Crippen LogP contribution is -2.33. The van der Waals surface area contributed by atoms with Gasteiger partial charge in [-0.25, -0.2) is 9.37 Å². The zero-order chi connectivity index (χ0) is 16.2. The number of nitrogens with one attached hydrogen (secondary N) is 1. The van der Waals surface area contributed by atoms with Crippen LogP contribution in [-0.4, -0.2) is 15.9 Å². The van der Waals surface area contributed by atoms with Gasteiger partial charge in [0.1, 0.15) is 11.5 Å². The molecule has 1 aliphatic rings. The van der Waals surface area contributed by atoms with Crippen LogP contribution in [0.25, 0.3) is 0 Å². The normalized spacial score (nSPS) is 16.3. The Morgan fingerprint density at radius 3 is 2.48 bits per heavy atom. The van der Waals surface area contributed by atoms with Crippen LogP contribution < -0.4 is 5.32 Å². The number of halogens is 1. The number of aryl methyl sites for hydroxylation is 1. The summed E-state index contributed by atoms with van der Waals surface area (Å²) >= 11 is 0. The van der Waals surface area contributed by atoms with Crippen LogP contribution in [0, 0.1) is 18.7 Å². The van der Waals surface area contributed by atoms with E-state index in [-0.39, 0.29) is 17.8 Å². The number of aromatic nitrogens is 2. The highest BCUT2D eigenvalue weighted by Gasteiger charge is 2.28. The van der Waals surface area contributed by atoms with Crippen molar-refractivity contribution in [3.8, 4) is 0 Å². The second kappa shape index (κ2) is 6.86. The molecule has 1 aromatic carbocycles. The van der Waals surface area contributed by atoms with Crippen LogP contribution in [-0.2, 0) is 0 Å². The molecule has 4 nitrogen and oxygen atoms in total. The topological polar surface area (TPSA) is 54.9 Å². The molecular formula is C18H20FN3O. The number of amides is 1. The van der Waals surface area contributed by atoms with Gasteiger partial charge in [-0.2, -0.15) is 0 Å². The molecule has 120 valence electrons. The van der Waals surface area contributed by atoms with Gasteiger partial charge in [-0.3, -0.25) is 9.78 Å². The third-order valence-corrected chi connectivity index (χ3v) is 4.40. The maximum absolute atomic E-state index is 13.2. The first-order valence-electron chi connectivity index (χ1n) is 7.98. The molecule has 0 unspecified atom stereocenters. The van der Waals surface area contributed by atoms with Crippen molar-refractivity contribution in [2.24, 2.45) is 5.92 Å². The predicted octanol–water partition coefficient (Wildman–Crippen LogP) is 3.59. The molecule has 1 amide bonds. The minimum atomic E-state index is -0.269. The molecule has 3 rings (SSSR count). The lowest BCUT2D eigenvalue weighted by Gasteiger charge is -2.25. The number of hydrogen-bond acceptors (Lipinski definition) is 3. The van der Waals surface area contributed by atoms with Crippen molar-refractivity contribution in [2.45, 2.75) is 38.6 Å². The number of carbonyl (C=O) groups excluding carboxylic acids is 1. The minimum absolute atomic E-state index is 0.117. The summed E-state index contributed by atoms with van der Waals surface area (Å²) in [5.41, 5.74) is 2.01. The minimum Gasteiger partial charge on any atom is -0.344 e. The molecule has 1 heterocycles. The van der Waals surface area contributed by atoms with Crippen LogP contribution in [0.1, 0.15) is 53.5 Å². The van der Waals surface area contributed by atoms with Gasteiger partial charge >= 0.3 is 0 Å². The van der Waals surface area contributed by atoms with Gasteiger partial charge in [-0.1, -0.05) is 25.0 Å². The van der Waals surface area contributed by atoms with Crippen LogP contribution >= 0.6 is 0 Å². The molecule has 0 bridgehead atoms. The number of rotatable bonds is 4. The highest BCUT2D eigenvalue weighted by molar-refractivity contribution is 5.92. The molecule has 0 aliphatic heterocycles. The van der Waals surface area contributed by atoms with Crippen LogP contribution in [0.4, 0.5) is 4.39 Å². The Morgan fingerprint density at radius 2 is 1.87 bits per heavy atom. The van der Waals surface area contributed by atoms with E-state index < -0.39 is 0 Å². The summed E-state index contributed by atoms with van der Waals surface area (Å²) in [7, 11) is 0. The first kappa shape index (κ1) is 15.6. The summed E-state index contributed by atoms with van der Waals surface area (Å²) in [5, 5.41) is 3.07. The zero-order valence-corrected chi connectivity index (χ0v) is 13.1. The Bertz CT molecular complexity index is 664. The molecule has 1 atom stereocenters. The summed E-state index contributed by atoms with van der Waals surface area (Å²) in [5.74, 6) is -0.129. The average molecular weight is 313 g/mol. The van der Waals surface area contributed by atoms with Crippen molar-refractivity contribution >= 4 is 5.91 Å². The van der Waals surface area contributed by atoms with E-state index in [1.54, 1.807) is 18.3 Å². The maximum atomic E-state index is 13.2. The van der Waals surface area contributed by atoms with Gasteiger partial charge in [0.2, 0.25) is 0 Å². The number of carbonyl (C=O) groups is 1. The Balaban J connectivity index is 1.81. The highest BCUT2D eigenvalue weighted by atomic mass is 19.1. The van der Waals surface area contributed by atoms with Crippen LogP contribution in [0.2, 0.25) is 0 Å². The van der Waals surface area contributed by atoms with Crippen molar-refractivity contribution in [1.82, 2.24) is 15.3 Å². The molecule has 5 heteroatoms. The fraction of sp³-hybridized carbons (Fsp3) is 0.389. The molecule has 2 aromatic rings. The maximum Gasteiger partial charge on any atom is 0.271 e. The third kappa shape index (κ3) is 3.73. The van der Waals surface area contributed by atoms with E-state index in [9.17, 15) is 9.18 Å². The second-order valence-corrected chi connectivity index (χ2v) is 6.09. The Morgan fingerprint density at radius 1 is 1.17 bits per heavy atom. The summed E-state index contributed by atoms with van der Waals surface area (Å²) in [6.07, 6.45) is 7.55. The molecule has 0 spiro atoms. The van der Waals surface area contributed by atoms with Gasteiger partial charge in [-0.15, -0.1) is 0 Å². The summed E-state index contributed by atoms with van der Waals surface area (Å²) < 4.78 is 13.2. The molecule has 1 aromatic heterocycles. The molecule has 1 saturated carbocycles. The summed E-state index contributed by atoms with van der Waals surface area (Å²) in [6, 6.07) is 6.26. The third-order valence-electron chi connectivity index (χ3n) is 4.40. The van der Waals surface area contributed by atoms with E-state index in [4.69, 9.17) is 0 Å². The van der Waals surface area contributed by atoms with E-state index >= 15 is 0 Å². The Hall–Kier alpha value is -2.30. The van der Waals surface area contributed by atoms with Crippen molar-refractivity contribution in [3.05, 3.63) is 59.4 Å². The quantitative estimate of drug-likeness (QED) is 0.938. The molecule has 1 N–H and O–H groups in total. The van der Waals surface area contributed by atoms with Crippen molar-refractivity contribution < 1.29 is 9.18 Å². The van der Waals surface area contributed by atoms with Gasteiger partial charge in [0.05, 0.1) is 17.9 Å². The molecule has 1 fully saturated rings. The van der Waals surface area contributed by atoms with Gasteiger partial charge in [0, 0.05) is 6.20 Å². The Labute approximate surface area is 135 Å². The highest BCUT2D eigenvalue weighted by Crippen LogP contribution is 2.35. The van der Waals surface area contributed by atoms with E-state index in [2.05, 4.69) is 15.3 Å². The van der Waals surface area contributed by atoms with Crippen LogP contribution in [0.15, 0.2) is 36.7 Å². The Kier molecular flexibility index (Phi) is 4.65. The van der Waals surface area contributed by atoms with E-state index in [0.717, 1.165) is 24.1 Å². The van der Waals surface area contributed by atoms with Gasteiger partial charge in [0.15, 0.2) is 0 Å². The largest absolute Gasteiger partial charge is 0.344 e. The molecule has 1 aliphatic carbocycles. The van der Waals surface area contributed by atoms with E-state index in [0.29, 0.717) is 11.6 Å².